The summed E-state index contributed by atoms with van der Waals surface area (Å²) in [4.78, 5) is 0. The minimum Gasteiger partial charge on any atom is -0.396 e. The van der Waals surface area contributed by atoms with Crippen LogP contribution in [0.25, 0.3) is 0 Å². The summed E-state index contributed by atoms with van der Waals surface area (Å²) < 4.78 is 0. The van der Waals surface area contributed by atoms with E-state index in [1.54, 1.807) is 0 Å². The van der Waals surface area contributed by atoms with Crippen molar-refractivity contribution in [2.24, 2.45) is 5.10 Å². The second kappa shape index (κ2) is 6.71. The fourth-order valence-corrected chi connectivity index (χ4v) is 1.77. The van der Waals surface area contributed by atoms with E-state index in [0.717, 1.165) is 22.5 Å². The molecule has 0 aliphatic heterocycles. The third-order valence-electron chi connectivity index (χ3n) is 2.90. The van der Waals surface area contributed by atoms with Gasteiger partial charge >= 0.3 is 0 Å². The molecule has 2 aromatic carbocycles. The Labute approximate surface area is 113 Å². The lowest BCUT2D eigenvalue weighted by Gasteiger charge is -2.04. The number of anilines is 1. The molecular weight excluding hydrogens is 236 g/mol. The number of hydrogen-bond donors (Lipinski definition) is 2. The smallest absolute Gasteiger partial charge is 0.0648 e. The van der Waals surface area contributed by atoms with Crippen LogP contribution in [0.3, 0.4) is 0 Å². The highest BCUT2D eigenvalue weighted by atomic mass is 16.2. The van der Waals surface area contributed by atoms with E-state index in [0.29, 0.717) is 6.42 Å². The number of nitrogens with zero attached hydrogens (tertiary/aromatic N) is 1. The van der Waals surface area contributed by atoms with Gasteiger partial charge in [-0.1, -0.05) is 42.5 Å². The van der Waals surface area contributed by atoms with Gasteiger partial charge in [0.25, 0.3) is 0 Å². The van der Waals surface area contributed by atoms with Gasteiger partial charge in [-0.05, 0) is 36.6 Å². The van der Waals surface area contributed by atoms with Crippen molar-refractivity contribution in [3.63, 3.8) is 0 Å². The normalized spacial score (nSPS) is 11.4. The molecule has 0 atom stereocenters. The fraction of sp³-hybridized carbons (Fsp3) is 0.188. The first-order valence-corrected chi connectivity index (χ1v) is 6.35. The maximum Gasteiger partial charge on any atom is 0.0648 e. The van der Waals surface area contributed by atoms with Crippen molar-refractivity contribution >= 4 is 11.4 Å². The van der Waals surface area contributed by atoms with Crippen LogP contribution in [-0.4, -0.2) is 17.4 Å². The monoisotopic (exact) mass is 254 g/mol. The molecule has 0 spiro atoms. The largest absolute Gasteiger partial charge is 0.396 e. The number of benzene rings is 2. The Balaban J connectivity index is 2.04. The lowest BCUT2D eigenvalue weighted by molar-refractivity contribution is 0.299. The van der Waals surface area contributed by atoms with Crippen molar-refractivity contribution in [1.29, 1.82) is 0 Å². The molecule has 98 valence electrons. The van der Waals surface area contributed by atoms with Crippen molar-refractivity contribution < 1.29 is 5.11 Å². The summed E-state index contributed by atoms with van der Waals surface area (Å²) in [5.41, 5.74) is 7.14. The number of aliphatic hydroxyl groups is 1. The Morgan fingerprint density at radius 1 is 1.05 bits per heavy atom. The summed E-state index contributed by atoms with van der Waals surface area (Å²) in [6.45, 7) is 2.15. The second-order valence-electron chi connectivity index (χ2n) is 4.35. The van der Waals surface area contributed by atoms with E-state index in [4.69, 9.17) is 5.11 Å². The summed E-state index contributed by atoms with van der Waals surface area (Å²) in [5, 5.41) is 13.2. The summed E-state index contributed by atoms with van der Waals surface area (Å²) in [7, 11) is 0. The third-order valence-corrected chi connectivity index (χ3v) is 2.90. The first kappa shape index (κ1) is 13.3. The first-order valence-electron chi connectivity index (χ1n) is 6.35. The molecular formula is C16H18N2O. The predicted octanol–water partition coefficient (Wildman–Crippen LogP) is 3.06. The molecule has 2 aromatic rings. The number of rotatable bonds is 5. The van der Waals surface area contributed by atoms with E-state index in [1.807, 2.05) is 61.5 Å². The first-order chi connectivity index (χ1) is 9.29. The number of hydrazone groups is 1. The third kappa shape index (κ3) is 3.93. The summed E-state index contributed by atoms with van der Waals surface area (Å²) in [6.07, 6.45) is 0.693. The van der Waals surface area contributed by atoms with Crippen LogP contribution in [0, 0.1) is 0 Å². The minimum atomic E-state index is 0.183. The maximum atomic E-state index is 8.87. The van der Waals surface area contributed by atoms with E-state index in [9.17, 15) is 0 Å². The molecule has 0 bridgehead atoms. The molecule has 0 amide bonds. The highest BCUT2D eigenvalue weighted by Crippen LogP contribution is 2.08. The molecule has 19 heavy (non-hydrogen) atoms. The van der Waals surface area contributed by atoms with E-state index in [2.05, 4.69) is 10.5 Å². The zero-order valence-electron chi connectivity index (χ0n) is 11.0. The second-order valence-corrected chi connectivity index (χ2v) is 4.35. The fourth-order valence-electron chi connectivity index (χ4n) is 1.77. The molecule has 0 fully saturated rings. The van der Waals surface area contributed by atoms with Crippen LogP contribution in [0.4, 0.5) is 5.69 Å². The van der Waals surface area contributed by atoms with Gasteiger partial charge in [-0.2, -0.15) is 5.10 Å². The molecule has 2 rings (SSSR count). The highest BCUT2D eigenvalue weighted by Gasteiger charge is 1.98. The quantitative estimate of drug-likeness (QED) is 0.636. The molecule has 0 aliphatic carbocycles. The van der Waals surface area contributed by atoms with E-state index < -0.39 is 0 Å². The maximum absolute atomic E-state index is 8.87. The highest BCUT2D eigenvalue weighted by molar-refractivity contribution is 5.99. The van der Waals surface area contributed by atoms with Gasteiger partial charge in [0, 0.05) is 6.61 Å². The van der Waals surface area contributed by atoms with Crippen molar-refractivity contribution in [3.05, 3.63) is 65.7 Å². The molecule has 0 aromatic heterocycles. The van der Waals surface area contributed by atoms with Crippen molar-refractivity contribution in [3.8, 4) is 0 Å². The molecule has 0 heterocycles. The Morgan fingerprint density at radius 2 is 1.74 bits per heavy atom. The molecule has 0 aliphatic rings. The van der Waals surface area contributed by atoms with Gasteiger partial charge in [0.2, 0.25) is 0 Å². The Morgan fingerprint density at radius 3 is 2.37 bits per heavy atom. The molecule has 3 nitrogen and oxygen atoms in total. The molecule has 2 N–H and O–H groups in total. The van der Waals surface area contributed by atoms with E-state index >= 15 is 0 Å². The molecule has 0 radical (unpaired) electrons. The van der Waals surface area contributed by atoms with Crippen molar-refractivity contribution in [2.75, 3.05) is 12.0 Å². The average Bonchev–Trinajstić information content (AvgIpc) is 2.47. The Bertz CT molecular complexity index is 532. The number of nitrogens with one attached hydrogen (secondary N) is 1. The molecule has 0 saturated heterocycles. The van der Waals surface area contributed by atoms with Gasteiger partial charge in [-0.25, -0.2) is 0 Å². The molecule has 3 heteroatoms. The standard InChI is InChI=1S/C16H18N2O/c1-13(17-18-16-5-3-2-4-6-16)15-9-7-14(8-10-15)11-12-19/h2-10,18-19H,11-12H2,1H3/b17-13+. The van der Waals surface area contributed by atoms with Crippen LogP contribution in [0.2, 0.25) is 0 Å². The Kier molecular flexibility index (Phi) is 4.70. The van der Waals surface area contributed by atoms with Gasteiger partial charge in [-0.3, -0.25) is 5.43 Å². The van der Waals surface area contributed by atoms with Crippen LogP contribution in [0.15, 0.2) is 59.7 Å². The van der Waals surface area contributed by atoms with Crippen molar-refractivity contribution in [1.82, 2.24) is 0 Å². The van der Waals surface area contributed by atoms with Gasteiger partial charge in [0.15, 0.2) is 0 Å². The van der Waals surface area contributed by atoms with Crippen molar-refractivity contribution in [2.45, 2.75) is 13.3 Å². The van der Waals surface area contributed by atoms with Gasteiger partial charge in [0.05, 0.1) is 11.4 Å². The van der Waals surface area contributed by atoms with Crippen LogP contribution in [-0.2, 0) is 6.42 Å². The Hall–Kier alpha value is -2.13. The predicted molar refractivity (Wildman–Crippen MR) is 79.5 cm³/mol. The van der Waals surface area contributed by atoms with Gasteiger partial charge in [0.1, 0.15) is 0 Å². The molecule has 0 saturated carbocycles. The van der Waals surface area contributed by atoms with Crippen LogP contribution < -0.4 is 5.43 Å². The summed E-state index contributed by atoms with van der Waals surface area (Å²) in [6, 6.07) is 17.9. The van der Waals surface area contributed by atoms with Crippen LogP contribution >= 0.6 is 0 Å². The van der Waals surface area contributed by atoms with Gasteiger partial charge < -0.3 is 5.11 Å². The lowest BCUT2D eigenvalue weighted by atomic mass is 10.1. The van der Waals surface area contributed by atoms with Crippen LogP contribution in [0.1, 0.15) is 18.1 Å². The minimum absolute atomic E-state index is 0.183. The zero-order valence-corrected chi connectivity index (χ0v) is 11.0. The number of aliphatic hydroxyl groups excluding tert-OH is 1. The molecule has 0 unspecified atom stereocenters. The topological polar surface area (TPSA) is 44.6 Å². The summed E-state index contributed by atoms with van der Waals surface area (Å²) >= 11 is 0. The average molecular weight is 254 g/mol. The SMILES string of the molecule is C/C(=N\Nc1ccccc1)c1ccc(CCO)cc1. The van der Waals surface area contributed by atoms with Gasteiger partial charge in [-0.15, -0.1) is 0 Å². The number of para-hydroxylation sites is 1. The zero-order chi connectivity index (χ0) is 13.5. The van der Waals surface area contributed by atoms with E-state index in [-0.39, 0.29) is 6.61 Å². The number of hydrogen-bond acceptors (Lipinski definition) is 3. The van der Waals surface area contributed by atoms with E-state index in [1.165, 1.54) is 0 Å². The van der Waals surface area contributed by atoms with Crippen LogP contribution in [0.5, 0.6) is 0 Å². The summed E-state index contributed by atoms with van der Waals surface area (Å²) in [5.74, 6) is 0. The lowest BCUT2D eigenvalue weighted by Crippen LogP contribution is -2.00.